The normalized spacial score (nSPS) is 16.4. The lowest BCUT2D eigenvalue weighted by Crippen LogP contribution is -2.24. The number of carbonyl (C=O) groups is 2. The van der Waals surface area contributed by atoms with Gasteiger partial charge >= 0.3 is 5.97 Å². The van der Waals surface area contributed by atoms with E-state index in [-0.39, 0.29) is 17.9 Å². The van der Waals surface area contributed by atoms with Crippen LogP contribution in [-0.2, 0) is 11.3 Å². The van der Waals surface area contributed by atoms with E-state index in [1.807, 2.05) is 25.2 Å². The molecule has 0 atom stereocenters. The van der Waals surface area contributed by atoms with E-state index in [0.29, 0.717) is 24.4 Å². The summed E-state index contributed by atoms with van der Waals surface area (Å²) in [6.07, 6.45) is 2.29. The Balaban J connectivity index is 2.30. The van der Waals surface area contributed by atoms with Crippen molar-refractivity contribution < 1.29 is 14.3 Å². The van der Waals surface area contributed by atoms with Crippen LogP contribution in [0, 0.1) is 0 Å². The molecule has 1 aromatic rings. The lowest BCUT2D eigenvalue weighted by molar-refractivity contribution is 0.0364. The fraction of sp³-hybridized carbons (Fsp3) is 0.467. The van der Waals surface area contributed by atoms with E-state index in [9.17, 15) is 9.59 Å². The molecule has 2 rings (SSSR count). The van der Waals surface area contributed by atoms with Crippen molar-refractivity contribution >= 4 is 11.8 Å². The second-order valence-electron chi connectivity index (χ2n) is 5.41. The van der Waals surface area contributed by atoms with Gasteiger partial charge in [-0.2, -0.15) is 0 Å². The van der Waals surface area contributed by atoms with E-state index in [1.165, 1.54) is 0 Å². The molecule has 20 heavy (non-hydrogen) atoms. The van der Waals surface area contributed by atoms with Gasteiger partial charge < -0.3 is 14.2 Å². The summed E-state index contributed by atoms with van der Waals surface area (Å²) in [6, 6.07) is 3.36. The summed E-state index contributed by atoms with van der Waals surface area (Å²) >= 11 is 0. The van der Waals surface area contributed by atoms with Crippen LogP contribution in [0.1, 0.15) is 41.2 Å². The Labute approximate surface area is 118 Å². The summed E-state index contributed by atoms with van der Waals surface area (Å²) in [5.41, 5.74) is 1.77. The van der Waals surface area contributed by atoms with Gasteiger partial charge in [0.15, 0.2) is 0 Å². The van der Waals surface area contributed by atoms with Crippen LogP contribution in [0.2, 0.25) is 0 Å². The van der Waals surface area contributed by atoms with Gasteiger partial charge in [-0.05, 0) is 32.4 Å². The molecule has 0 saturated carbocycles. The minimum absolute atomic E-state index is 0.0199. The fourth-order valence-electron chi connectivity index (χ4n) is 2.30. The molecule has 1 aliphatic heterocycles. The third kappa shape index (κ3) is 2.76. The molecule has 0 aliphatic carbocycles. The number of hydrogen-bond acceptors (Lipinski definition) is 4. The maximum atomic E-state index is 12.3. The minimum Gasteiger partial charge on any atom is -0.458 e. The first-order valence-corrected chi connectivity index (χ1v) is 6.72. The van der Waals surface area contributed by atoms with Gasteiger partial charge in [-0.1, -0.05) is 0 Å². The molecule has 5 nitrogen and oxygen atoms in total. The van der Waals surface area contributed by atoms with Crippen molar-refractivity contribution in [2.75, 3.05) is 14.1 Å². The second-order valence-corrected chi connectivity index (χ2v) is 5.41. The van der Waals surface area contributed by atoms with E-state index in [4.69, 9.17) is 4.74 Å². The van der Waals surface area contributed by atoms with Crippen molar-refractivity contribution in [3.63, 3.8) is 0 Å². The molecule has 1 aromatic heterocycles. The highest BCUT2D eigenvalue weighted by Gasteiger charge is 2.27. The molecule has 0 spiro atoms. The number of hydrogen-bond donors (Lipinski definition) is 0. The summed E-state index contributed by atoms with van der Waals surface area (Å²) in [6.45, 7) is 4.23. The second kappa shape index (κ2) is 5.53. The van der Waals surface area contributed by atoms with Gasteiger partial charge in [0.1, 0.15) is 5.69 Å². The van der Waals surface area contributed by atoms with Gasteiger partial charge in [0, 0.05) is 32.4 Å². The third-order valence-electron chi connectivity index (χ3n) is 3.08. The van der Waals surface area contributed by atoms with Gasteiger partial charge in [0.25, 0.3) is 0 Å². The lowest BCUT2D eigenvalue weighted by atomic mass is 10.0. The van der Waals surface area contributed by atoms with Crippen molar-refractivity contribution in [3.8, 4) is 0 Å². The first-order valence-electron chi connectivity index (χ1n) is 6.72. The highest BCUT2D eigenvalue weighted by atomic mass is 16.5. The first kappa shape index (κ1) is 14.4. The van der Waals surface area contributed by atoms with Crippen molar-refractivity contribution in [2.24, 2.45) is 0 Å². The van der Waals surface area contributed by atoms with Crippen molar-refractivity contribution in [1.82, 2.24) is 9.47 Å². The molecule has 0 radical (unpaired) electrons. The number of Topliss-reactive ketones (excluding diaryl/α,β-unsaturated/α-hetero) is 1. The lowest BCUT2D eigenvalue weighted by Gasteiger charge is -2.20. The number of aromatic nitrogens is 1. The van der Waals surface area contributed by atoms with Crippen LogP contribution in [0.25, 0.3) is 0 Å². The largest absolute Gasteiger partial charge is 0.458 e. The van der Waals surface area contributed by atoms with Crippen molar-refractivity contribution in [3.05, 3.63) is 35.3 Å². The molecule has 108 valence electrons. The predicted octanol–water partition coefficient (Wildman–Crippen LogP) is 2.09. The van der Waals surface area contributed by atoms with Crippen LogP contribution in [0.4, 0.5) is 0 Å². The van der Waals surface area contributed by atoms with E-state index in [1.54, 1.807) is 30.5 Å². The maximum absolute atomic E-state index is 12.3. The summed E-state index contributed by atoms with van der Waals surface area (Å²) in [7, 11) is 3.78. The fourth-order valence-corrected chi connectivity index (χ4v) is 2.30. The van der Waals surface area contributed by atoms with Crippen LogP contribution in [0.15, 0.2) is 23.9 Å². The van der Waals surface area contributed by atoms with Gasteiger partial charge in [-0.25, -0.2) is 4.79 Å². The Hall–Kier alpha value is -2.04. The number of ketones is 1. The highest BCUT2D eigenvalue weighted by Crippen LogP contribution is 2.23. The number of fused-ring (bicyclic) bond motifs is 1. The zero-order valence-corrected chi connectivity index (χ0v) is 12.3. The molecular weight excluding hydrogens is 256 g/mol. The molecule has 0 fully saturated rings. The number of nitrogens with zero attached hydrogens (tertiary/aromatic N) is 2. The van der Waals surface area contributed by atoms with Gasteiger partial charge in [-0.15, -0.1) is 0 Å². The third-order valence-corrected chi connectivity index (χ3v) is 3.08. The van der Waals surface area contributed by atoms with Gasteiger partial charge in [0.2, 0.25) is 5.78 Å². The van der Waals surface area contributed by atoms with Crippen LogP contribution in [-0.4, -0.2) is 41.4 Å². The van der Waals surface area contributed by atoms with Crippen LogP contribution in [0.5, 0.6) is 0 Å². The molecular formula is C15H20N2O3. The Bertz CT molecular complexity index is 568. The molecule has 0 aromatic carbocycles. The zero-order valence-electron chi connectivity index (χ0n) is 12.3. The average Bonchev–Trinajstić information content (AvgIpc) is 2.76. The summed E-state index contributed by atoms with van der Waals surface area (Å²) in [5.74, 6) is -0.396. The quantitative estimate of drug-likeness (QED) is 0.626. The summed E-state index contributed by atoms with van der Waals surface area (Å²) in [5, 5.41) is 0. The smallest absolute Gasteiger partial charge is 0.355 e. The van der Waals surface area contributed by atoms with E-state index in [2.05, 4.69) is 0 Å². The Morgan fingerprint density at radius 2 is 2.10 bits per heavy atom. The Morgan fingerprint density at radius 3 is 2.70 bits per heavy atom. The van der Waals surface area contributed by atoms with E-state index < -0.39 is 0 Å². The molecule has 0 unspecified atom stereocenters. The minimum atomic E-state index is -0.376. The SMILES string of the molecule is CC(C)OC(=O)c1ccc2n1CC/C(=C/N(C)C)C2=O. The summed E-state index contributed by atoms with van der Waals surface area (Å²) < 4.78 is 6.94. The van der Waals surface area contributed by atoms with Crippen LogP contribution in [0.3, 0.4) is 0 Å². The van der Waals surface area contributed by atoms with Crippen LogP contribution < -0.4 is 0 Å². The van der Waals surface area contributed by atoms with Gasteiger partial charge in [-0.3, -0.25) is 4.79 Å². The average molecular weight is 276 g/mol. The highest BCUT2D eigenvalue weighted by molar-refractivity contribution is 6.09. The van der Waals surface area contributed by atoms with Gasteiger partial charge in [0.05, 0.1) is 11.8 Å². The van der Waals surface area contributed by atoms with E-state index >= 15 is 0 Å². The molecule has 0 saturated heterocycles. The standard InChI is InChI=1S/C15H20N2O3/c1-10(2)20-15(19)13-6-5-12-14(18)11(9-16(3)4)7-8-17(12)13/h5-6,9-10H,7-8H2,1-4H3/b11-9-. The number of allylic oxidation sites excluding steroid dienone is 1. The monoisotopic (exact) mass is 276 g/mol. The Morgan fingerprint density at radius 1 is 1.40 bits per heavy atom. The summed E-state index contributed by atoms with van der Waals surface area (Å²) in [4.78, 5) is 26.2. The maximum Gasteiger partial charge on any atom is 0.355 e. The van der Waals surface area contributed by atoms with Crippen molar-refractivity contribution in [1.29, 1.82) is 0 Å². The number of ether oxygens (including phenoxy) is 1. The molecule has 1 aliphatic rings. The van der Waals surface area contributed by atoms with Crippen molar-refractivity contribution in [2.45, 2.75) is 32.9 Å². The predicted molar refractivity (Wildman–Crippen MR) is 75.7 cm³/mol. The number of rotatable bonds is 3. The molecule has 0 N–H and O–H groups in total. The molecule has 2 heterocycles. The first-order chi connectivity index (χ1) is 9.40. The van der Waals surface area contributed by atoms with E-state index in [0.717, 1.165) is 5.57 Å². The number of carbonyl (C=O) groups excluding carboxylic acids is 2. The number of esters is 1. The zero-order chi connectivity index (χ0) is 14.9. The molecule has 0 bridgehead atoms. The Kier molecular flexibility index (Phi) is 3.97. The van der Waals surface area contributed by atoms with Crippen LogP contribution >= 0.6 is 0 Å². The molecule has 0 amide bonds. The molecule has 5 heteroatoms. The topological polar surface area (TPSA) is 51.5 Å².